The van der Waals surface area contributed by atoms with Crippen molar-refractivity contribution >= 4 is 0 Å². The Morgan fingerprint density at radius 3 is 2.61 bits per heavy atom. The topological polar surface area (TPSA) is 64.7 Å². The summed E-state index contributed by atoms with van der Waals surface area (Å²) >= 11 is 0. The zero-order valence-electron chi connectivity index (χ0n) is 11.0. The third-order valence-corrected chi connectivity index (χ3v) is 2.80. The Hall–Kier alpha value is -1.26. The summed E-state index contributed by atoms with van der Waals surface area (Å²) in [6.45, 7) is 1.41. The molecular weight excluding hydrogens is 230 g/mol. The number of hydrogen-bond acceptors (Lipinski definition) is 4. The Morgan fingerprint density at radius 1 is 1.17 bits per heavy atom. The second kappa shape index (κ2) is 8.78. The van der Waals surface area contributed by atoms with E-state index in [1.807, 2.05) is 18.2 Å². The molecule has 4 nitrogen and oxygen atoms in total. The molecule has 0 aliphatic carbocycles. The molecule has 0 saturated carbocycles. The molecule has 3 N–H and O–H groups in total. The van der Waals surface area contributed by atoms with Crippen LogP contribution in [0, 0.1) is 0 Å². The molecule has 0 fully saturated rings. The molecular formula is C14H23NO3. The average Bonchev–Trinajstić information content (AvgIpc) is 2.42. The summed E-state index contributed by atoms with van der Waals surface area (Å²) in [6.07, 6.45) is 3.97. The quantitative estimate of drug-likeness (QED) is 0.661. The van der Waals surface area contributed by atoms with Crippen molar-refractivity contribution in [1.82, 2.24) is 0 Å². The fourth-order valence-electron chi connectivity index (χ4n) is 1.71. The standard InChI is InChI=1S/C14H23NO3/c1-17-13-7-6-12(11-15)14(10-13)18-9-5-3-2-4-8-16/h6-7,10,16H,2-5,8-9,11,15H2,1H3. The van der Waals surface area contributed by atoms with Gasteiger partial charge in [0.2, 0.25) is 0 Å². The van der Waals surface area contributed by atoms with Crippen LogP contribution in [0.2, 0.25) is 0 Å². The zero-order chi connectivity index (χ0) is 13.2. The van der Waals surface area contributed by atoms with Gasteiger partial charge in [0.1, 0.15) is 11.5 Å². The maximum absolute atomic E-state index is 8.67. The lowest BCUT2D eigenvalue weighted by molar-refractivity contribution is 0.272. The summed E-state index contributed by atoms with van der Waals surface area (Å²) in [6, 6.07) is 5.69. The molecule has 0 amide bonds. The van der Waals surface area contributed by atoms with Gasteiger partial charge in [-0.1, -0.05) is 12.5 Å². The summed E-state index contributed by atoms with van der Waals surface area (Å²) < 4.78 is 10.9. The molecule has 0 aromatic heterocycles. The van der Waals surface area contributed by atoms with Crippen LogP contribution < -0.4 is 15.2 Å². The highest BCUT2D eigenvalue weighted by Gasteiger charge is 2.04. The number of hydrogen-bond donors (Lipinski definition) is 2. The second-order valence-corrected chi connectivity index (χ2v) is 4.16. The van der Waals surface area contributed by atoms with Gasteiger partial charge in [-0.25, -0.2) is 0 Å². The van der Waals surface area contributed by atoms with Gasteiger partial charge >= 0.3 is 0 Å². The number of unbranched alkanes of at least 4 members (excludes halogenated alkanes) is 3. The number of rotatable bonds is 9. The van der Waals surface area contributed by atoms with Crippen LogP contribution in [0.4, 0.5) is 0 Å². The molecule has 0 saturated heterocycles. The molecule has 102 valence electrons. The molecule has 0 heterocycles. The van der Waals surface area contributed by atoms with E-state index in [-0.39, 0.29) is 6.61 Å². The average molecular weight is 253 g/mol. The largest absolute Gasteiger partial charge is 0.497 e. The molecule has 0 spiro atoms. The Balaban J connectivity index is 2.39. The van der Waals surface area contributed by atoms with Crippen molar-refractivity contribution in [1.29, 1.82) is 0 Å². The van der Waals surface area contributed by atoms with Crippen molar-refractivity contribution in [2.75, 3.05) is 20.3 Å². The first-order valence-electron chi connectivity index (χ1n) is 6.42. The van der Waals surface area contributed by atoms with Crippen LogP contribution in [0.1, 0.15) is 31.2 Å². The lowest BCUT2D eigenvalue weighted by Gasteiger charge is -2.11. The third kappa shape index (κ3) is 4.94. The highest BCUT2D eigenvalue weighted by molar-refractivity contribution is 5.40. The zero-order valence-corrected chi connectivity index (χ0v) is 11.0. The first-order chi connectivity index (χ1) is 8.81. The van der Waals surface area contributed by atoms with E-state index in [0.717, 1.165) is 42.7 Å². The van der Waals surface area contributed by atoms with Crippen molar-refractivity contribution in [3.63, 3.8) is 0 Å². The molecule has 0 radical (unpaired) electrons. The predicted octanol–water partition coefficient (Wildman–Crippen LogP) is 2.09. The summed E-state index contributed by atoms with van der Waals surface area (Å²) in [5.74, 6) is 1.58. The van der Waals surface area contributed by atoms with E-state index < -0.39 is 0 Å². The highest BCUT2D eigenvalue weighted by Crippen LogP contribution is 2.24. The number of benzene rings is 1. The van der Waals surface area contributed by atoms with Crippen LogP contribution in [0.15, 0.2) is 18.2 Å². The van der Waals surface area contributed by atoms with Gasteiger partial charge in [-0.05, 0) is 25.3 Å². The van der Waals surface area contributed by atoms with Crippen LogP contribution in [0.25, 0.3) is 0 Å². The van der Waals surface area contributed by atoms with E-state index >= 15 is 0 Å². The van der Waals surface area contributed by atoms with E-state index in [9.17, 15) is 0 Å². The Labute approximate surface area is 109 Å². The first-order valence-corrected chi connectivity index (χ1v) is 6.42. The maximum Gasteiger partial charge on any atom is 0.127 e. The van der Waals surface area contributed by atoms with Crippen molar-refractivity contribution in [3.05, 3.63) is 23.8 Å². The molecule has 0 unspecified atom stereocenters. The first kappa shape index (κ1) is 14.8. The Morgan fingerprint density at radius 2 is 1.94 bits per heavy atom. The van der Waals surface area contributed by atoms with E-state index in [1.54, 1.807) is 7.11 Å². The number of nitrogens with two attached hydrogens (primary N) is 1. The van der Waals surface area contributed by atoms with Crippen molar-refractivity contribution < 1.29 is 14.6 Å². The molecule has 18 heavy (non-hydrogen) atoms. The highest BCUT2D eigenvalue weighted by atomic mass is 16.5. The second-order valence-electron chi connectivity index (χ2n) is 4.16. The maximum atomic E-state index is 8.67. The minimum Gasteiger partial charge on any atom is -0.497 e. The van der Waals surface area contributed by atoms with Gasteiger partial charge in [-0.15, -0.1) is 0 Å². The van der Waals surface area contributed by atoms with Gasteiger partial charge in [-0.2, -0.15) is 0 Å². The van der Waals surface area contributed by atoms with Gasteiger partial charge in [0.15, 0.2) is 0 Å². The Bertz CT molecular complexity index is 342. The lowest BCUT2D eigenvalue weighted by Crippen LogP contribution is -2.04. The fraction of sp³-hybridized carbons (Fsp3) is 0.571. The molecule has 1 aromatic rings. The third-order valence-electron chi connectivity index (χ3n) is 2.80. The summed E-state index contributed by atoms with van der Waals surface area (Å²) in [7, 11) is 1.64. The number of methoxy groups -OCH3 is 1. The van der Waals surface area contributed by atoms with E-state index in [4.69, 9.17) is 20.3 Å². The van der Waals surface area contributed by atoms with Crippen LogP contribution in [0.3, 0.4) is 0 Å². The number of aliphatic hydroxyl groups is 1. The minimum atomic E-state index is 0.272. The fourth-order valence-corrected chi connectivity index (χ4v) is 1.71. The van der Waals surface area contributed by atoms with Gasteiger partial charge in [0.05, 0.1) is 13.7 Å². The SMILES string of the molecule is COc1ccc(CN)c(OCCCCCCO)c1. The van der Waals surface area contributed by atoms with Crippen LogP contribution in [-0.4, -0.2) is 25.4 Å². The molecule has 0 aliphatic rings. The monoisotopic (exact) mass is 253 g/mol. The van der Waals surface area contributed by atoms with Crippen LogP contribution in [-0.2, 0) is 6.54 Å². The van der Waals surface area contributed by atoms with Gasteiger partial charge in [-0.3, -0.25) is 0 Å². The summed E-state index contributed by atoms with van der Waals surface area (Å²) in [5.41, 5.74) is 6.66. The van der Waals surface area contributed by atoms with Crippen molar-refractivity contribution in [2.45, 2.75) is 32.2 Å². The Kier molecular flexibility index (Phi) is 7.22. The summed E-state index contributed by atoms with van der Waals surface area (Å²) in [4.78, 5) is 0. The molecule has 1 rings (SSSR count). The number of aliphatic hydroxyl groups excluding tert-OH is 1. The van der Waals surface area contributed by atoms with Crippen molar-refractivity contribution in [2.24, 2.45) is 5.73 Å². The van der Waals surface area contributed by atoms with Crippen LogP contribution >= 0.6 is 0 Å². The molecule has 4 heteroatoms. The lowest BCUT2D eigenvalue weighted by atomic mass is 10.2. The van der Waals surface area contributed by atoms with E-state index in [1.165, 1.54) is 0 Å². The molecule has 0 atom stereocenters. The smallest absolute Gasteiger partial charge is 0.127 e. The normalized spacial score (nSPS) is 10.4. The predicted molar refractivity (Wildman–Crippen MR) is 71.9 cm³/mol. The van der Waals surface area contributed by atoms with E-state index in [2.05, 4.69) is 0 Å². The summed E-state index contributed by atoms with van der Waals surface area (Å²) in [5, 5.41) is 8.67. The number of ether oxygens (including phenoxy) is 2. The molecule has 0 bridgehead atoms. The van der Waals surface area contributed by atoms with Crippen LogP contribution in [0.5, 0.6) is 11.5 Å². The molecule has 0 aliphatic heterocycles. The van der Waals surface area contributed by atoms with Gasteiger partial charge in [0, 0.05) is 24.8 Å². The van der Waals surface area contributed by atoms with Crippen molar-refractivity contribution in [3.8, 4) is 11.5 Å². The molecule has 1 aromatic carbocycles. The van der Waals surface area contributed by atoms with Gasteiger partial charge < -0.3 is 20.3 Å². The minimum absolute atomic E-state index is 0.272. The van der Waals surface area contributed by atoms with Gasteiger partial charge in [0.25, 0.3) is 0 Å². The van der Waals surface area contributed by atoms with E-state index in [0.29, 0.717) is 13.2 Å².